The number of hydrogen-bond donors (Lipinski definition) is 1. The summed E-state index contributed by atoms with van der Waals surface area (Å²) in [7, 11) is 1.60. The van der Waals surface area contributed by atoms with Gasteiger partial charge in [0.15, 0.2) is 0 Å². The Balaban J connectivity index is 2.31. The van der Waals surface area contributed by atoms with Crippen LogP contribution in [-0.2, 0) is 14.2 Å². The molecule has 0 aromatic carbocycles. The number of carbonyl (C=O) groups is 1. The van der Waals surface area contributed by atoms with Crippen LogP contribution >= 0.6 is 0 Å². The Morgan fingerprint density at radius 3 is 2.83 bits per heavy atom. The fourth-order valence-electron chi connectivity index (χ4n) is 1.75. The number of hydrogen-bond acceptors (Lipinski definition) is 4. The Bertz CT molecular complexity index is 307. The molecule has 0 aliphatic heterocycles. The summed E-state index contributed by atoms with van der Waals surface area (Å²) >= 11 is 0. The molecule has 0 aromatic heterocycles. The van der Waals surface area contributed by atoms with Gasteiger partial charge in [0.1, 0.15) is 12.4 Å². The first kappa shape index (κ1) is 15.0. The lowest BCUT2D eigenvalue weighted by atomic mass is 10.1. The fraction of sp³-hybridized carbons (Fsp3) is 0.769. The lowest BCUT2D eigenvalue weighted by Gasteiger charge is -2.19. The molecule has 1 rings (SSSR count). The Kier molecular flexibility index (Phi) is 5.62. The first-order valence-corrected chi connectivity index (χ1v) is 6.18. The third kappa shape index (κ3) is 6.02. The molecule has 0 fully saturated rings. The predicted octanol–water partition coefficient (Wildman–Crippen LogP) is 2.43. The quantitative estimate of drug-likeness (QED) is 0.607. The first-order chi connectivity index (χ1) is 8.40. The minimum atomic E-state index is -0.468. The molecular formula is C13H23NO4. The van der Waals surface area contributed by atoms with Gasteiger partial charge in [0, 0.05) is 18.7 Å². The second-order valence-corrected chi connectivity index (χ2v) is 5.39. The van der Waals surface area contributed by atoms with E-state index in [4.69, 9.17) is 14.2 Å². The smallest absolute Gasteiger partial charge is 0.411 e. The van der Waals surface area contributed by atoms with Crippen LogP contribution in [0.4, 0.5) is 4.79 Å². The van der Waals surface area contributed by atoms with Crippen LogP contribution in [-0.4, -0.2) is 32.2 Å². The van der Waals surface area contributed by atoms with Crippen molar-refractivity contribution in [3.05, 3.63) is 11.8 Å². The summed E-state index contributed by atoms with van der Waals surface area (Å²) in [5, 5.41) is 2.77. The van der Waals surface area contributed by atoms with Gasteiger partial charge in [-0.25, -0.2) is 4.79 Å². The summed E-state index contributed by atoms with van der Waals surface area (Å²) in [6.07, 6.45) is 3.46. The van der Waals surface area contributed by atoms with Crippen molar-refractivity contribution >= 4 is 6.09 Å². The lowest BCUT2D eigenvalue weighted by molar-refractivity contribution is -0.0386. The molecule has 0 unspecified atom stereocenters. The van der Waals surface area contributed by atoms with E-state index < -0.39 is 11.7 Å². The third-order valence-electron chi connectivity index (χ3n) is 2.42. The van der Waals surface area contributed by atoms with Crippen LogP contribution in [0.5, 0.6) is 0 Å². The van der Waals surface area contributed by atoms with E-state index in [1.54, 1.807) is 7.11 Å². The summed E-state index contributed by atoms with van der Waals surface area (Å²) < 4.78 is 15.3. The summed E-state index contributed by atoms with van der Waals surface area (Å²) in [6.45, 7) is 6.46. The Morgan fingerprint density at radius 2 is 2.22 bits per heavy atom. The van der Waals surface area contributed by atoms with Gasteiger partial charge < -0.3 is 14.2 Å². The highest BCUT2D eigenvalue weighted by atomic mass is 16.7. The molecule has 5 heteroatoms. The van der Waals surface area contributed by atoms with E-state index >= 15 is 0 Å². The van der Waals surface area contributed by atoms with Crippen LogP contribution in [0.3, 0.4) is 0 Å². The maximum Gasteiger partial charge on any atom is 0.411 e. The molecule has 0 heterocycles. The number of alkyl carbamates (subject to hydrolysis) is 1. The first-order valence-electron chi connectivity index (χ1n) is 6.18. The molecule has 0 aromatic rings. The second-order valence-electron chi connectivity index (χ2n) is 5.39. The molecule has 1 N–H and O–H groups in total. The maximum absolute atomic E-state index is 11.6. The van der Waals surface area contributed by atoms with Crippen LogP contribution in [0.15, 0.2) is 11.8 Å². The molecule has 1 aliphatic carbocycles. The van der Waals surface area contributed by atoms with Gasteiger partial charge in [-0.1, -0.05) is 6.08 Å². The van der Waals surface area contributed by atoms with E-state index in [1.165, 1.54) is 0 Å². The van der Waals surface area contributed by atoms with Crippen LogP contribution < -0.4 is 5.32 Å². The van der Waals surface area contributed by atoms with Crippen LogP contribution in [0, 0.1) is 5.92 Å². The topological polar surface area (TPSA) is 56.8 Å². The van der Waals surface area contributed by atoms with Gasteiger partial charge in [-0.15, -0.1) is 0 Å². The Hall–Kier alpha value is -1.07. The molecule has 1 aliphatic rings. The summed E-state index contributed by atoms with van der Waals surface area (Å²) in [5.74, 6) is 0.338. The number of carbonyl (C=O) groups excluding carboxylic acids is 1. The van der Waals surface area contributed by atoms with Crippen molar-refractivity contribution in [2.24, 2.45) is 5.92 Å². The molecule has 0 saturated carbocycles. The molecule has 18 heavy (non-hydrogen) atoms. The van der Waals surface area contributed by atoms with E-state index in [-0.39, 0.29) is 0 Å². The van der Waals surface area contributed by atoms with Gasteiger partial charge in [-0.2, -0.15) is 0 Å². The third-order valence-corrected chi connectivity index (χ3v) is 2.42. The normalized spacial score (nSPS) is 19.6. The fourth-order valence-corrected chi connectivity index (χ4v) is 1.75. The average molecular weight is 257 g/mol. The molecule has 0 radical (unpaired) electrons. The number of amides is 1. The zero-order chi connectivity index (χ0) is 13.6. The molecule has 104 valence electrons. The van der Waals surface area contributed by atoms with E-state index in [2.05, 4.69) is 5.32 Å². The number of nitrogens with one attached hydrogen (secondary N) is 1. The highest BCUT2D eigenvalue weighted by Gasteiger charge is 2.20. The van der Waals surface area contributed by atoms with Crippen LogP contribution in [0.25, 0.3) is 0 Å². The van der Waals surface area contributed by atoms with Crippen molar-refractivity contribution in [3.63, 3.8) is 0 Å². The number of ether oxygens (including phenoxy) is 3. The summed E-state index contributed by atoms with van der Waals surface area (Å²) in [4.78, 5) is 11.6. The zero-order valence-corrected chi connectivity index (χ0v) is 11.6. The number of allylic oxidation sites excluding steroid dienone is 1. The van der Waals surface area contributed by atoms with E-state index in [0.29, 0.717) is 19.3 Å². The van der Waals surface area contributed by atoms with Gasteiger partial charge in [0.05, 0.1) is 6.61 Å². The van der Waals surface area contributed by atoms with Gasteiger partial charge in [-0.05, 0) is 33.6 Å². The van der Waals surface area contributed by atoms with Crippen molar-refractivity contribution in [1.82, 2.24) is 5.32 Å². The van der Waals surface area contributed by atoms with Gasteiger partial charge in [0.2, 0.25) is 0 Å². The number of rotatable bonds is 5. The molecule has 1 amide bonds. The van der Waals surface area contributed by atoms with Crippen LogP contribution in [0.1, 0.15) is 33.6 Å². The Labute approximate surface area is 108 Å². The van der Waals surface area contributed by atoms with Crippen LogP contribution in [0.2, 0.25) is 0 Å². The van der Waals surface area contributed by atoms with E-state index in [9.17, 15) is 4.79 Å². The number of methoxy groups -OCH3 is 1. The minimum Gasteiger partial charge on any atom is -0.444 e. The second kappa shape index (κ2) is 6.75. The van der Waals surface area contributed by atoms with E-state index in [1.807, 2.05) is 26.8 Å². The zero-order valence-electron chi connectivity index (χ0n) is 11.6. The molecule has 0 spiro atoms. The van der Waals surface area contributed by atoms with Crippen molar-refractivity contribution in [3.8, 4) is 0 Å². The SMILES string of the molecule is COCOC[C@H]1C=C(NC(=O)OC(C)(C)C)CC1. The average Bonchev–Trinajstić information content (AvgIpc) is 2.63. The lowest BCUT2D eigenvalue weighted by Crippen LogP contribution is -2.31. The predicted molar refractivity (Wildman–Crippen MR) is 68.0 cm³/mol. The molecular weight excluding hydrogens is 234 g/mol. The molecule has 1 atom stereocenters. The monoisotopic (exact) mass is 257 g/mol. The standard InChI is InChI=1S/C13H23NO4/c1-13(2,3)18-12(15)14-11-6-5-10(7-11)8-17-9-16-4/h7,10H,5-6,8-9H2,1-4H3,(H,14,15)/t10-/m1/s1. The summed E-state index contributed by atoms with van der Waals surface area (Å²) in [5.41, 5.74) is 0.444. The largest absolute Gasteiger partial charge is 0.444 e. The van der Waals surface area contributed by atoms with Crippen molar-refractivity contribution in [2.45, 2.75) is 39.2 Å². The maximum atomic E-state index is 11.6. The van der Waals surface area contributed by atoms with Gasteiger partial charge >= 0.3 is 6.09 Å². The van der Waals surface area contributed by atoms with Gasteiger partial charge in [0.25, 0.3) is 0 Å². The van der Waals surface area contributed by atoms with Crippen molar-refractivity contribution in [1.29, 1.82) is 0 Å². The van der Waals surface area contributed by atoms with E-state index in [0.717, 1.165) is 18.5 Å². The highest BCUT2D eigenvalue weighted by molar-refractivity contribution is 5.70. The molecule has 0 bridgehead atoms. The van der Waals surface area contributed by atoms with Crippen molar-refractivity contribution < 1.29 is 19.0 Å². The van der Waals surface area contributed by atoms with Crippen molar-refractivity contribution in [2.75, 3.05) is 20.5 Å². The molecule has 5 nitrogen and oxygen atoms in total. The summed E-state index contributed by atoms with van der Waals surface area (Å²) in [6, 6.07) is 0. The highest BCUT2D eigenvalue weighted by Crippen LogP contribution is 2.22. The Morgan fingerprint density at radius 1 is 1.50 bits per heavy atom. The minimum absolute atomic E-state index is 0.305. The molecule has 0 saturated heterocycles. The van der Waals surface area contributed by atoms with Gasteiger partial charge in [-0.3, -0.25) is 5.32 Å².